The van der Waals surface area contributed by atoms with Crippen LogP contribution in [0.25, 0.3) is 0 Å². The lowest BCUT2D eigenvalue weighted by molar-refractivity contribution is -0.385. The van der Waals surface area contributed by atoms with E-state index in [-0.39, 0.29) is 11.6 Å². The predicted molar refractivity (Wildman–Crippen MR) is 68.7 cm³/mol. The number of amides is 1. The number of hydrogen-bond acceptors (Lipinski definition) is 4. The minimum atomic E-state index is -0.793. The third-order valence-corrected chi connectivity index (χ3v) is 3.92. The number of nitrogens with one attached hydrogen (secondary N) is 1. The Balaban J connectivity index is 2.20. The van der Waals surface area contributed by atoms with Crippen molar-refractivity contribution >= 4 is 11.6 Å². The van der Waals surface area contributed by atoms with Crippen LogP contribution in [0.3, 0.4) is 0 Å². The Labute approximate surface area is 114 Å². The molecular weight excluding hydrogens is 267 g/mol. The topological polar surface area (TPSA) is 92.5 Å². The molecule has 1 aliphatic rings. The fourth-order valence-electron chi connectivity index (χ4n) is 2.23. The first-order valence-corrected chi connectivity index (χ1v) is 6.16. The van der Waals surface area contributed by atoms with E-state index in [1.807, 2.05) is 0 Å². The van der Waals surface area contributed by atoms with Crippen LogP contribution < -0.4 is 5.32 Å². The molecule has 2 unspecified atom stereocenters. The molecule has 1 amide bonds. The molecule has 1 saturated carbocycles. The number of nitro benzene ring substituents is 1. The van der Waals surface area contributed by atoms with Crippen LogP contribution in [0.4, 0.5) is 10.1 Å². The first kappa shape index (κ1) is 14.4. The van der Waals surface area contributed by atoms with Gasteiger partial charge in [0, 0.05) is 11.5 Å². The number of nitro groups is 1. The molecule has 0 heterocycles. The smallest absolute Gasteiger partial charge is 0.285 e. The quantitative estimate of drug-likeness (QED) is 0.651. The minimum Gasteiger partial charge on any atom is -0.392 e. The summed E-state index contributed by atoms with van der Waals surface area (Å²) in [7, 11) is 0. The number of hydrogen-bond donors (Lipinski definition) is 2. The van der Waals surface area contributed by atoms with Gasteiger partial charge in [0.25, 0.3) is 11.6 Å². The first-order valence-electron chi connectivity index (χ1n) is 6.16. The lowest BCUT2D eigenvalue weighted by Crippen LogP contribution is -2.61. The Morgan fingerprint density at radius 1 is 1.55 bits per heavy atom. The van der Waals surface area contributed by atoms with Gasteiger partial charge in [0.2, 0.25) is 0 Å². The molecule has 6 nitrogen and oxygen atoms in total. The number of aliphatic hydroxyl groups excluding tert-OH is 1. The van der Waals surface area contributed by atoms with Gasteiger partial charge < -0.3 is 10.4 Å². The molecule has 20 heavy (non-hydrogen) atoms. The van der Waals surface area contributed by atoms with Gasteiger partial charge in [-0.25, -0.2) is 4.39 Å². The fraction of sp³-hybridized carbons (Fsp3) is 0.462. The van der Waals surface area contributed by atoms with Gasteiger partial charge in [0.05, 0.1) is 17.1 Å². The van der Waals surface area contributed by atoms with Crippen molar-refractivity contribution in [2.45, 2.75) is 32.4 Å². The maximum absolute atomic E-state index is 13.0. The van der Waals surface area contributed by atoms with Crippen LogP contribution >= 0.6 is 0 Å². The highest BCUT2D eigenvalue weighted by atomic mass is 19.1. The predicted octanol–water partition coefficient (Wildman–Crippen LogP) is 1.62. The number of halogens is 1. The summed E-state index contributed by atoms with van der Waals surface area (Å²) in [5.74, 6) is -1.41. The van der Waals surface area contributed by atoms with Crippen LogP contribution in [0.5, 0.6) is 0 Å². The van der Waals surface area contributed by atoms with Crippen LogP contribution in [-0.2, 0) is 0 Å². The van der Waals surface area contributed by atoms with Gasteiger partial charge in [-0.3, -0.25) is 14.9 Å². The van der Waals surface area contributed by atoms with Crippen LogP contribution in [-0.4, -0.2) is 28.1 Å². The average molecular weight is 282 g/mol. The van der Waals surface area contributed by atoms with Crippen molar-refractivity contribution in [1.82, 2.24) is 5.32 Å². The highest BCUT2D eigenvalue weighted by Gasteiger charge is 2.48. The van der Waals surface area contributed by atoms with Gasteiger partial charge in [-0.1, -0.05) is 13.8 Å². The highest BCUT2D eigenvalue weighted by Crippen LogP contribution is 2.40. The highest BCUT2D eigenvalue weighted by molar-refractivity contribution is 5.98. The van der Waals surface area contributed by atoms with Crippen molar-refractivity contribution in [3.05, 3.63) is 39.7 Å². The van der Waals surface area contributed by atoms with Crippen molar-refractivity contribution in [2.75, 3.05) is 0 Å². The molecule has 0 aliphatic heterocycles. The molecule has 0 saturated heterocycles. The summed E-state index contributed by atoms with van der Waals surface area (Å²) in [6, 6.07) is 2.54. The number of benzene rings is 1. The number of rotatable bonds is 3. The van der Waals surface area contributed by atoms with E-state index in [4.69, 9.17) is 0 Å². The molecule has 1 aromatic carbocycles. The van der Waals surface area contributed by atoms with Gasteiger partial charge in [-0.15, -0.1) is 0 Å². The molecule has 2 rings (SSSR count). The largest absolute Gasteiger partial charge is 0.392 e. The van der Waals surface area contributed by atoms with E-state index in [2.05, 4.69) is 5.32 Å². The summed E-state index contributed by atoms with van der Waals surface area (Å²) in [4.78, 5) is 22.1. The summed E-state index contributed by atoms with van der Waals surface area (Å²) in [6.45, 7) is 3.59. The van der Waals surface area contributed by atoms with Gasteiger partial charge >= 0.3 is 0 Å². The van der Waals surface area contributed by atoms with E-state index in [0.29, 0.717) is 6.42 Å². The third kappa shape index (κ3) is 2.36. The lowest BCUT2D eigenvalue weighted by atomic mass is 9.64. The van der Waals surface area contributed by atoms with E-state index in [1.165, 1.54) is 0 Å². The van der Waals surface area contributed by atoms with Crippen LogP contribution in [0, 0.1) is 21.3 Å². The summed E-state index contributed by atoms with van der Waals surface area (Å²) >= 11 is 0. The van der Waals surface area contributed by atoms with Crippen LogP contribution in [0.1, 0.15) is 30.6 Å². The Bertz CT molecular complexity index is 573. The lowest BCUT2D eigenvalue weighted by Gasteiger charge is -2.49. The SMILES string of the molecule is CC1(C)C(O)CC1NC(=O)c1ccc(F)cc1[N+](=O)[O-]. The maximum Gasteiger partial charge on any atom is 0.285 e. The fourth-order valence-corrected chi connectivity index (χ4v) is 2.23. The number of aliphatic hydroxyl groups is 1. The average Bonchev–Trinajstić information content (AvgIpc) is 2.38. The van der Waals surface area contributed by atoms with Crippen LogP contribution in [0.2, 0.25) is 0 Å². The molecule has 0 aromatic heterocycles. The van der Waals surface area contributed by atoms with E-state index in [1.54, 1.807) is 13.8 Å². The Morgan fingerprint density at radius 3 is 2.70 bits per heavy atom. The molecule has 2 atom stereocenters. The van der Waals surface area contributed by atoms with Gasteiger partial charge in [-0.2, -0.15) is 0 Å². The molecule has 0 bridgehead atoms. The van der Waals surface area contributed by atoms with E-state index in [0.717, 1.165) is 18.2 Å². The third-order valence-electron chi connectivity index (χ3n) is 3.92. The van der Waals surface area contributed by atoms with Gasteiger partial charge in [0.15, 0.2) is 0 Å². The molecule has 0 radical (unpaired) electrons. The van der Waals surface area contributed by atoms with Crippen molar-refractivity contribution in [2.24, 2.45) is 5.41 Å². The normalized spacial score (nSPS) is 23.8. The Kier molecular flexibility index (Phi) is 3.47. The standard InChI is InChI=1S/C13H15FN2O4/c1-13(2)10(6-11(13)17)15-12(18)8-4-3-7(14)5-9(8)16(19)20/h3-5,10-11,17H,6H2,1-2H3,(H,15,18). The van der Waals surface area contributed by atoms with E-state index < -0.39 is 33.9 Å². The van der Waals surface area contributed by atoms with E-state index >= 15 is 0 Å². The minimum absolute atomic E-state index is 0.186. The molecule has 1 aromatic rings. The monoisotopic (exact) mass is 282 g/mol. The summed E-state index contributed by atoms with van der Waals surface area (Å²) in [6.07, 6.45) is -0.121. The number of nitrogens with zero attached hydrogens (tertiary/aromatic N) is 1. The molecule has 108 valence electrons. The second-order valence-electron chi connectivity index (χ2n) is 5.52. The molecule has 1 fully saturated rings. The molecule has 1 aliphatic carbocycles. The summed E-state index contributed by atoms with van der Waals surface area (Å²) in [5, 5.41) is 23.1. The molecule has 0 spiro atoms. The van der Waals surface area contributed by atoms with Crippen molar-refractivity contribution in [1.29, 1.82) is 0 Å². The maximum atomic E-state index is 13.0. The zero-order valence-corrected chi connectivity index (χ0v) is 11.1. The van der Waals surface area contributed by atoms with Crippen molar-refractivity contribution < 1.29 is 19.2 Å². The Hall–Kier alpha value is -2.02. The van der Waals surface area contributed by atoms with Crippen molar-refractivity contribution in [3.8, 4) is 0 Å². The summed E-state index contributed by atoms with van der Waals surface area (Å²) in [5.41, 5.74) is -1.24. The number of carbonyl (C=O) groups excluding carboxylic acids is 1. The molecular formula is C13H15FN2O4. The molecule has 2 N–H and O–H groups in total. The summed E-state index contributed by atoms with van der Waals surface area (Å²) < 4.78 is 13.0. The zero-order valence-electron chi connectivity index (χ0n) is 11.1. The van der Waals surface area contributed by atoms with Gasteiger partial charge in [-0.05, 0) is 18.6 Å². The molecule has 7 heteroatoms. The second-order valence-corrected chi connectivity index (χ2v) is 5.52. The second kappa shape index (κ2) is 4.82. The van der Waals surface area contributed by atoms with Gasteiger partial charge in [0.1, 0.15) is 11.4 Å². The first-order chi connectivity index (χ1) is 9.23. The van der Waals surface area contributed by atoms with Crippen molar-refractivity contribution in [3.63, 3.8) is 0 Å². The van der Waals surface area contributed by atoms with E-state index in [9.17, 15) is 24.4 Å². The zero-order chi connectivity index (χ0) is 15.1. The van der Waals surface area contributed by atoms with Crippen LogP contribution in [0.15, 0.2) is 18.2 Å². The number of carbonyl (C=O) groups is 1. The Morgan fingerprint density at radius 2 is 2.20 bits per heavy atom.